The Kier molecular flexibility index (Phi) is 5.57. The maximum atomic E-state index is 12.5. The van der Waals surface area contributed by atoms with E-state index in [0.717, 1.165) is 18.5 Å². The average Bonchev–Trinajstić information content (AvgIpc) is 3.46. The lowest BCUT2D eigenvalue weighted by Crippen LogP contribution is -2.33. The minimum absolute atomic E-state index is 0.246. The van der Waals surface area contributed by atoms with Crippen molar-refractivity contribution in [3.8, 4) is 5.75 Å². The molecule has 2 aromatic heterocycles. The molecule has 10 heteroatoms. The van der Waals surface area contributed by atoms with Gasteiger partial charge in [0.15, 0.2) is 5.82 Å². The lowest BCUT2D eigenvalue weighted by Gasteiger charge is -2.20. The van der Waals surface area contributed by atoms with Gasteiger partial charge in [0.2, 0.25) is 5.95 Å². The zero-order chi connectivity index (χ0) is 22.1. The minimum Gasteiger partial charge on any atom is -0.410 e. The number of nitrogens with one attached hydrogen (secondary N) is 2. The number of carbonyl (C=O) groups excluding carboxylic acids is 1. The van der Waals surface area contributed by atoms with Crippen molar-refractivity contribution in [2.75, 3.05) is 23.7 Å². The van der Waals surface area contributed by atoms with Crippen LogP contribution >= 0.6 is 11.6 Å². The fraction of sp³-hybridized carbons (Fsp3) is 0.364. The molecule has 5 rings (SSSR count). The molecule has 2 aliphatic rings. The summed E-state index contributed by atoms with van der Waals surface area (Å²) in [6, 6.07) is 9.43. The number of carbonyl (C=O) groups is 1. The summed E-state index contributed by atoms with van der Waals surface area (Å²) in [6.45, 7) is 1.42. The highest BCUT2D eigenvalue weighted by atomic mass is 35.5. The number of nitrogens with zero attached hydrogens (tertiary/aromatic N) is 5. The molecular weight excluding hydrogens is 430 g/mol. The first-order valence-electron chi connectivity index (χ1n) is 10.6. The largest absolute Gasteiger partial charge is 0.415 e. The first kappa shape index (κ1) is 20.6. The molecule has 1 saturated heterocycles. The predicted molar refractivity (Wildman–Crippen MR) is 121 cm³/mol. The van der Waals surface area contributed by atoms with Gasteiger partial charge in [-0.3, -0.25) is 4.68 Å². The highest BCUT2D eigenvalue weighted by Gasteiger charge is 2.43. The lowest BCUT2D eigenvalue weighted by atomic mass is 10.0. The van der Waals surface area contributed by atoms with Gasteiger partial charge in [0.1, 0.15) is 10.8 Å². The Morgan fingerprint density at radius 3 is 2.59 bits per heavy atom. The summed E-state index contributed by atoms with van der Waals surface area (Å²) < 4.78 is 7.19. The van der Waals surface area contributed by atoms with Crippen molar-refractivity contribution >= 4 is 35.1 Å². The van der Waals surface area contributed by atoms with Crippen LogP contribution in [-0.2, 0) is 7.05 Å². The van der Waals surface area contributed by atoms with Crippen LogP contribution in [0, 0.1) is 11.8 Å². The van der Waals surface area contributed by atoms with Crippen molar-refractivity contribution in [1.82, 2.24) is 24.6 Å². The number of halogens is 1. The maximum absolute atomic E-state index is 12.5. The molecule has 1 aliphatic carbocycles. The summed E-state index contributed by atoms with van der Waals surface area (Å²) in [5, 5.41) is 11.2. The van der Waals surface area contributed by atoms with E-state index < -0.39 is 0 Å². The number of aryl methyl sites for hydroxylation is 1. The fourth-order valence-electron chi connectivity index (χ4n) is 4.56. The van der Waals surface area contributed by atoms with Crippen molar-refractivity contribution in [3.63, 3.8) is 0 Å². The van der Waals surface area contributed by atoms with Crippen LogP contribution in [0.1, 0.15) is 12.8 Å². The standard InChI is InChI=1S/C22H24ClN7O2/c1-29-13-17(9-25-29)27-21-24-10-19(23)20(28-21)26-16-7-14-11-30(12-15(14)8-16)22(31)32-18-5-3-2-4-6-18/h2-6,9-10,13-16H,7-8,11-12H2,1H3,(H2,24,26,27,28). The lowest BCUT2D eigenvalue weighted by molar-refractivity contribution is 0.159. The van der Waals surface area contributed by atoms with Crippen molar-refractivity contribution in [2.45, 2.75) is 18.9 Å². The van der Waals surface area contributed by atoms with E-state index in [1.54, 1.807) is 29.2 Å². The summed E-state index contributed by atoms with van der Waals surface area (Å²) >= 11 is 6.34. The molecule has 3 aromatic rings. The van der Waals surface area contributed by atoms with Crippen LogP contribution in [0.2, 0.25) is 5.02 Å². The van der Waals surface area contributed by atoms with Crippen LogP contribution in [-0.4, -0.2) is 49.9 Å². The van der Waals surface area contributed by atoms with Crippen molar-refractivity contribution in [2.24, 2.45) is 18.9 Å². The SMILES string of the molecule is Cn1cc(Nc2ncc(Cl)c(NC3CC4CN(C(=O)Oc5ccccc5)CC4C3)n2)cn1. The summed E-state index contributed by atoms with van der Waals surface area (Å²) in [6.07, 6.45) is 6.76. The van der Waals surface area contributed by atoms with Gasteiger partial charge in [0.25, 0.3) is 0 Å². The third-order valence-electron chi connectivity index (χ3n) is 6.00. The Labute approximate surface area is 190 Å². The summed E-state index contributed by atoms with van der Waals surface area (Å²) in [4.78, 5) is 23.1. The first-order valence-corrected chi connectivity index (χ1v) is 11.0. The van der Waals surface area contributed by atoms with Gasteiger partial charge < -0.3 is 20.3 Å². The van der Waals surface area contributed by atoms with E-state index in [1.807, 2.05) is 36.3 Å². The molecule has 3 heterocycles. The third-order valence-corrected chi connectivity index (χ3v) is 6.28. The molecule has 2 fully saturated rings. The number of amides is 1. The molecule has 32 heavy (non-hydrogen) atoms. The Hall–Kier alpha value is -3.33. The van der Waals surface area contributed by atoms with Crippen LogP contribution in [0.15, 0.2) is 48.9 Å². The molecular formula is C22H24ClN7O2. The number of likely N-dealkylation sites (tertiary alicyclic amines) is 1. The van der Waals surface area contributed by atoms with E-state index in [0.29, 0.717) is 47.5 Å². The molecule has 166 valence electrons. The van der Waals surface area contributed by atoms with Crippen molar-refractivity contribution in [3.05, 3.63) is 53.9 Å². The topological polar surface area (TPSA) is 97.2 Å². The second-order valence-corrected chi connectivity index (χ2v) is 8.74. The Morgan fingerprint density at radius 1 is 1.16 bits per heavy atom. The Morgan fingerprint density at radius 2 is 1.91 bits per heavy atom. The van der Waals surface area contributed by atoms with Crippen LogP contribution in [0.4, 0.5) is 22.2 Å². The second kappa shape index (κ2) is 8.66. The quantitative estimate of drug-likeness (QED) is 0.604. The van der Waals surface area contributed by atoms with Gasteiger partial charge in [0.05, 0.1) is 18.1 Å². The zero-order valence-electron chi connectivity index (χ0n) is 17.6. The molecule has 1 amide bonds. The number of aromatic nitrogens is 4. The monoisotopic (exact) mass is 453 g/mol. The molecule has 2 N–H and O–H groups in total. The van der Waals surface area contributed by atoms with E-state index in [9.17, 15) is 4.79 Å². The van der Waals surface area contributed by atoms with E-state index in [2.05, 4.69) is 25.7 Å². The molecule has 2 unspecified atom stereocenters. The summed E-state index contributed by atoms with van der Waals surface area (Å²) in [5.74, 6) is 2.51. The summed E-state index contributed by atoms with van der Waals surface area (Å²) in [5.41, 5.74) is 0.804. The number of rotatable bonds is 5. The number of hydrogen-bond acceptors (Lipinski definition) is 7. The second-order valence-electron chi connectivity index (χ2n) is 8.34. The molecule has 1 saturated carbocycles. The fourth-order valence-corrected chi connectivity index (χ4v) is 4.70. The average molecular weight is 454 g/mol. The smallest absolute Gasteiger partial charge is 0.410 e. The van der Waals surface area contributed by atoms with Crippen LogP contribution in [0.25, 0.3) is 0 Å². The van der Waals surface area contributed by atoms with Crippen LogP contribution < -0.4 is 15.4 Å². The van der Waals surface area contributed by atoms with E-state index in [-0.39, 0.29) is 12.1 Å². The highest BCUT2D eigenvalue weighted by Crippen LogP contribution is 2.40. The predicted octanol–water partition coefficient (Wildman–Crippen LogP) is 3.93. The molecule has 0 bridgehead atoms. The van der Waals surface area contributed by atoms with E-state index >= 15 is 0 Å². The number of fused-ring (bicyclic) bond motifs is 1. The summed E-state index contributed by atoms with van der Waals surface area (Å²) in [7, 11) is 1.85. The van der Waals surface area contributed by atoms with Gasteiger partial charge in [0, 0.05) is 32.4 Å². The number of benzene rings is 1. The molecule has 0 spiro atoms. The number of ether oxygens (including phenoxy) is 1. The Bertz CT molecular complexity index is 1090. The van der Waals surface area contributed by atoms with E-state index in [4.69, 9.17) is 16.3 Å². The molecule has 1 aromatic carbocycles. The number of anilines is 3. The number of hydrogen-bond donors (Lipinski definition) is 2. The van der Waals surface area contributed by atoms with Gasteiger partial charge in [-0.15, -0.1) is 0 Å². The van der Waals surface area contributed by atoms with Crippen molar-refractivity contribution in [1.29, 1.82) is 0 Å². The van der Waals surface area contributed by atoms with Gasteiger partial charge in [-0.25, -0.2) is 9.78 Å². The first-order chi connectivity index (χ1) is 15.5. The zero-order valence-corrected chi connectivity index (χ0v) is 18.4. The van der Waals surface area contributed by atoms with E-state index in [1.165, 1.54) is 0 Å². The maximum Gasteiger partial charge on any atom is 0.415 e. The van der Waals surface area contributed by atoms with Gasteiger partial charge >= 0.3 is 6.09 Å². The molecule has 0 radical (unpaired) electrons. The van der Waals surface area contributed by atoms with Crippen LogP contribution in [0.5, 0.6) is 5.75 Å². The van der Waals surface area contributed by atoms with Gasteiger partial charge in [-0.1, -0.05) is 29.8 Å². The van der Waals surface area contributed by atoms with Gasteiger partial charge in [-0.2, -0.15) is 10.1 Å². The van der Waals surface area contributed by atoms with Crippen molar-refractivity contribution < 1.29 is 9.53 Å². The molecule has 1 aliphatic heterocycles. The Balaban J connectivity index is 1.17. The third kappa shape index (κ3) is 4.47. The normalized spacial score (nSPS) is 21.9. The van der Waals surface area contributed by atoms with Crippen LogP contribution in [0.3, 0.4) is 0 Å². The number of para-hydroxylation sites is 1. The molecule has 2 atom stereocenters. The highest BCUT2D eigenvalue weighted by molar-refractivity contribution is 6.32. The molecule has 9 nitrogen and oxygen atoms in total. The van der Waals surface area contributed by atoms with Gasteiger partial charge in [-0.05, 0) is 36.8 Å². The minimum atomic E-state index is -0.278.